The van der Waals surface area contributed by atoms with Crippen LogP contribution in [0.4, 0.5) is 0 Å². The molecule has 0 saturated heterocycles. The van der Waals surface area contributed by atoms with E-state index in [0.29, 0.717) is 11.2 Å². The molecule has 7 nitrogen and oxygen atoms in total. The zero-order valence-electron chi connectivity index (χ0n) is 11.5. The number of nitrogens with one attached hydrogen (secondary N) is 4. The van der Waals surface area contributed by atoms with Crippen molar-refractivity contribution in [3.63, 3.8) is 0 Å². The molecule has 108 valence electrons. The third kappa shape index (κ3) is 2.29. The van der Waals surface area contributed by atoms with E-state index < -0.39 is 11.2 Å². The fourth-order valence-electron chi connectivity index (χ4n) is 3.13. The summed E-state index contributed by atoms with van der Waals surface area (Å²) in [7, 11) is 1.97. The highest BCUT2D eigenvalue weighted by molar-refractivity contribution is 5.68. The summed E-state index contributed by atoms with van der Waals surface area (Å²) in [5.74, 6) is 0.739. The molecule has 0 spiro atoms. The highest BCUT2D eigenvalue weighted by Gasteiger charge is 2.31. The third-order valence-corrected chi connectivity index (χ3v) is 4.29. The van der Waals surface area contributed by atoms with Gasteiger partial charge in [-0.15, -0.1) is 0 Å². The van der Waals surface area contributed by atoms with Crippen molar-refractivity contribution >= 4 is 11.2 Å². The zero-order valence-corrected chi connectivity index (χ0v) is 11.5. The maximum absolute atomic E-state index is 11.7. The number of nitrogens with zero attached hydrogens (tertiary/aromatic N) is 1. The van der Waals surface area contributed by atoms with E-state index in [1.165, 1.54) is 19.3 Å². The molecule has 2 aromatic heterocycles. The summed E-state index contributed by atoms with van der Waals surface area (Å²) in [4.78, 5) is 35.1. The summed E-state index contributed by atoms with van der Waals surface area (Å²) in [6, 6.07) is 0. The first-order chi connectivity index (χ1) is 9.62. The van der Waals surface area contributed by atoms with Gasteiger partial charge in [-0.05, 0) is 19.9 Å². The average molecular weight is 277 g/mol. The van der Waals surface area contributed by atoms with Crippen molar-refractivity contribution in [3.8, 4) is 0 Å². The minimum atomic E-state index is -0.526. The Morgan fingerprint density at radius 2 is 1.90 bits per heavy atom. The van der Waals surface area contributed by atoms with Gasteiger partial charge in [-0.3, -0.25) is 14.8 Å². The van der Waals surface area contributed by atoms with Gasteiger partial charge >= 0.3 is 5.69 Å². The number of hydrogen-bond donors (Lipinski definition) is 4. The lowest BCUT2D eigenvalue weighted by molar-refractivity contribution is 0.241. The lowest BCUT2D eigenvalue weighted by atomic mass is 9.79. The third-order valence-electron chi connectivity index (χ3n) is 4.29. The molecule has 4 N–H and O–H groups in total. The van der Waals surface area contributed by atoms with Crippen molar-refractivity contribution in [2.75, 3.05) is 7.05 Å². The predicted molar refractivity (Wildman–Crippen MR) is 75.9 cm³/mol. The molecule has 0 aliphatic heterocycles. The van der Waals surface area contributed by atoms with Crippen LogP contribution in [0.15, 0.2) is 9.59 Å². The van der Waals surface area contributed by atoms with E-state index in [2.05, 4.69) is 25.3 Å². The number of imidazole rings is 1. The van der Waals surface area contributed by atoms with Crippen LogP contribution in [0.2, 0.25) is 0 Å². The Labute approximate surface area is 115 Å². The van der Waals surface area contributed by atoms with E-state index in [0.717, 1.165) is 25.1 Å². The minimum Gasteiger partial charge on any atom is -0.336 e. The maximum atomic E-state index is 11.7. The molecular formula is C13H19N5O2. The Bertz CT molecular complexity index is 720. The van der Waals surface area contributed by atoms with Gasteiger partial charge in [-0.1, -0.05) is 19.3 Å². The van der Waals surface area contributed by atoms with Gasteiger partial charge in [-0.2, -0.15) is 0 Å². The number of likely N-dealkylation sites (N-methyl/N-ethyl adjacent to an activating group) is 1. The van der Waals surface area contributed by atoms with Crippen molar-refractivity contribution in [1.29, 1.82) is 0 Å². The predicted octanol–water partition coefficient (Wildman–Crippen LogP) is 0.404. The quantitative estimate of drug-likeness (QED) is 0.651. The van der Waals surface area contributed by atoms with Crippen LogP contribution in [0.25, 0.3) is 11.2 Å². The molecule has 1 aliphatic rings. The molecule has 20 heavy (non-hydrogen) atoms. The summed E-state index contributed by atoms with van der Waals surface area (Å²) in [6.45, 7) is 0. The number of H-pyrrole nitrogens is 3. The molecule has 0 unspecified atom stereocenters. The van der Waals surface area contributed by atoms with Crippen LogP contribution in [0.5, 0.6) is 0 Å². The molecule has 0 bridgehead atoms. The number of rotatable bonds is 3. The standard InChI is InChI=1S/C13H19N5O2/c1-14-13(5-3-2-4-6-13)7-8-15-9-10(16-8)17-12(20)18-11(9)19/h14H,2-7H2,1H3,(H3,15,16,17,18,19,20). The van der Waals surface area contributed by atoms with E-state index >= 15 is 0 Å². The van der Waals surface area contributed by atoms with Gasteiger partial charge in [-0.25, -0.2) is 9.78 Å². The van der Waals surface area contributed by atoms with Crippen LogP contribution in [-0.2, 0) is 6.42 Å². The smallest absolute Gasteiger partial charge is 0.327 e. The van der Waals surface area contributed by atoms with E-state index in [9.17, 15) is 9.59 Å². The van der Waals surface area contributed by atoms with E-state index in [1.807, 2.05) is 7.05 Å². The van der Waals surface area contributed by atoms with Gasteiger partial charge < -0.3 is 10.3 Å². The van der Waals surface area contributed by atoms with Crippen molar-refractivity contribution in [2.45, 2.75) is 44.1 Å². The van der Waals surface area contributed by atoms with Gasteiger partial charge in [0.15, 0.2) is 5.65 Å². The molecular weight excluding hydrogens is 258 g/mol. The minimum absolute atomic E-state index is 0.0409. The fourth-order valence-corrected chi connectivity index (χ4v) is 3.13. The van der Waals surface area contributed by atoms with Gasteiger partial charge in [0, 0.05) is 12.0 Å². The molecule has 2 aromatic rings. The Hall–Kier alpha value is -1.89. The normalized spacial score (nSPS) is 18.4. The van der Waals surface area contributed by atoms with E-state index in [1.54, 1.807) is 0 Å². The van der Waals surface area contributed by atoms with Gasteiger partial charge in [0.1, 0.15) is 11.3 Å². The van der Waals surface area contributed by atoms with Crippen molar-refractivity contribution in [2.24, 2.45) is 0 Å². The maximum Gasteiger partial charge on any atom is 0.327 e. The van der Waals surface area contributed by atoms with Crippen LogP contribution in [0, 0.1) is 0 Å². The highest BCUT2D eigenvalue weighted by Crippen LogP contribution is 2.30. The zero-order chi connectivity index (χ0) is 14.2. The molecule has 2 heterocycles. The fraction of sp³-hybridized carbons (Fsp3) is 0.615. The molecule has 1 aliphatic carbocycles. The topological polar surface area (TPSA) is 106 Å². The second-order valence-electron chi connectivity index (χ2n) is 5.58. The summed E-state index contributed by atoms with van der Waals surface area (Å²) < 4.78 is 0. The summed E-state index contributed by atoms with van der Waals surface area (Å²) >= 11 is 0. The number of aromatic nitrogens is 4. The summed E-state index contributed by atoms with van der Waals surface area (Å²) in [6.07, 6.45) is 6.63. The van der Waals surface area contributed by atoms with Crippen LogP contribution in [0.1, 0.15) is 37.9 Å². The van der Waals surface area contributed by atoms with Gasteiger partial charge in [0.2, 0.25) is 0 Å². The molecule has 0 aromatic carbocycles. The van der Waals surface area contributed by atoms with Gasteiger partial charge in [0.05, 0.1) is 0 Å². The van der Waals surface area contributed by atoms with Crippen LogP contribution < -0.4 is 16.6 Å². The van der Waals surface area contributed by atoms with E-state index in [4.69, 9.17) is 0 Å². The summed E-state index contributed by atoms with van der Waals surface area (Å²) in [5, 5.41) is 3.42. The SMILES string of the molecule is CNC1(Cc2nc3[nH]c(=O)[nH]c(=O)c3[nH]2)CCCCC1. The molecule has 1 fully saturated rings. The van der Waals surface area contributed by atoms with Crippen LogP contribution in [0.3, 0.4) is 0 Å². The van der Waals surface area contributed by atoms with Crippen molar-refractivity contribution in [3.05, 3.63) is 26.7 Å². The Morgan fingerprint density at radius 3 is 2.60 bits per heavy atom. The second-order valence-corrected chi connectivity index (χ2v) is 5.58. The summed E-state index contributed by atoms with van der Waals surface area (Å²) in [5.41, 5.74) is -0.247. The monoisotopic (exact) mass is 277 g/mol. The first-order valence-electron chi connectivity index (χ1n) is 7.02. The first kappa shape index (κ1) is 13.1. The van der Waals surface area contributed by atoms with Crippen LogP contribution in [-0.4, -0.2) is 32.5 Å². The Kier molecular flexibility index (Phi) is 3.21. The Balaban J connectivity index is 1.96. The first-order valence-corrected chi connectivity index (χ1v) is 7.02. The average Bonchev–Trinajstić information content (AvgIpc) is 2.82. The molecule has 7 heteroatoms. The van der Waals surface area contributed by atoms with Crippen molar-refractivity contribution < 1.29 is 0 Å². The van der Waals surface area contributed by atoms with E-state index in [-0.39, 0.29) is 5.54 Å². The molecule has 3 rings (SSSR count). The van der Waals surface area contributed by atoms with Crippen molar-refractivity contribution in [1.82, 2.24) is 25.3 Å². The Morgan fingerprint density at radius 1 is 1.15 bits per heavy atom. The number of aromatic amines is 3. The molecule has 1 saturated carbocycles. The lowest BCUT2D eigenvalue weighted by Crippen LogP contribution is -2.46. The largest absolute Gasteiger partial charge is 0.336 e. The lowest BCUT2D eigenvalue weighted by Gasteiger charge is -2.36. The molecule has 0 radical (unpaired) electrons. The number of hydrogen-bond acceptors (Lipinski definition) is 4. The highest BCUT2D eigenvalue weighted by atomic mass is 16.2. The van der Waals surface area contributed by atoms with Gasteiger partial charge in [0.25, 0.3) is 5.56 Å². The van der Waals surface area contributed by atoms with Crippen LogP contribution >= 0.6 is 0 Å². The molecule has 0 atom stereocenters. The number of fused-ring (bicyclic) bond motifs is 1. The molecule has 0 amide bonds. The second kappa shape index (κ2) is 4.90.